The van der Waals surface area contributed by atoms with Gasteiger partial charge < -0.3 is 15.6 Å². The second kappa shape index (κ2) is 6.07. The molecule has 1 aromatic heterocycles. The lowest BCUT2D eigenvalue weighted by molar-refractivity contribution is 0.0953. The van der Waals surface area contributed by atoms with E-state index in [0.29, 0.717) is 25.3 Å². The first kappa shape index (κ1) is 12.4. The molecule has 0 bridgehead atoms. The molecule has 0 fully saturated rings. The Morgan fingerprint density at radius 3 is 3.00 bits per heavy atom. The van der Waals surface area contributed by atoms with Gasteiger partial charge in [0.15, 0.2) is 0 Å². The van der Waals surface area contributed by atoms with Crippen LogP contribution in [-0.2, 0) is 6.54 Å². The predicted octanol–water partition coefficient (Wildman–Crippen LogP) is 0.538. The number of nitrogens with one attached hydrogen (secondary N) is 1. The van der Waals surface area contributed by atoms with Crippen LogP contribution in [0.1, 0.15) is 24.3 Å². The fourth-order valence-electron chi connectivity index (χ4n) is 1.19. The van der Waals surface area contributed by atoms with Gasteiger partial charge >= 0.3 is 0 Å². The third-order valence-electron chi connectivity index (χ3n) is 2.03. The van der Waals surface area contributed by atoms with E-state index in [0.717, 1.165) is 0 Å². The molecule has 0 atom stereocenters. The summed E-state index contributed by atoms with van der Waals surface area (Å²) in [4.78, 5) is 15.6. The number of rotatable bonds is 5. The van der Waals surface area contributed by atoms with Crippen molar-refractivity contribution in [2.24, 2.45) is 5.73 Å². The second-order valence-electron chi connectivity index (χ2n) is 3.78. The van der Waals surface area contributed by atoms with Gasteiger partial charge in [-0.3, -0.25) is 4.79 Å². The summed E-state index contributed by atoms with van der Waals surface area (Å²) in [5.74, 6) is -0.159. The molecule has 0 aliphatic heterocycles. The normalized spacial score (nSPS) is 9.94. The average molecular weight is 222 g/mol. The molecule has 5 heteroatoms. The molecule has 0 aromatic carbocycles. The number of imidazole rings is 1. The molecular weight excluding hydrogens is 204 g/mol. The first-order valence-electron chi connectivity index (χ1n) is 5.27. The molecule has 0 radical (unpaired) electrons. The standard InChI is InChI=1S/C11H18N4O/c1-9(2)3-5-13-11(16)10-7-15(6-4-12)8-14-10/h3,7-8H,4-6,12H2,1-2H3,(H,13,16). The summed E-state index contributed by atoms with van der Waals surface area (Å²) >= 11 is 0. The van der Waals surface area contributed by atoms with Crippen molar-refractivity contribution >= 4 is 5.91 Å². The average Bonchev–Trinajstić information content (AvgIpc) is 2.66. The van der Waals surface area contributed by atoms with Gasteiger partial charge in [-0.1, -0.05) is 11.6 Å². The molecule has 1 rings (SSSR count). The zero-order chi connectivity index (χ0) is 12.0. The predicted molar refractivity (Wildman–Crippen MR) is 63.0 cm³/mol. The van der Waals surface area contributed by atoms with Crippen LogP contribution in [0.25, 0.3) is 0 Å². The van der Waals surface area contributed by atoms with Gasteiger partial charge in [0.05, 0.1) is 6.33 Å². The zero-order valence-corrected chi connectivity index (χ0v) is 9.73. The highest BCUT2D eigenvalue weighted by Crippen LogP contribution is 1.96. The van der Waals surface area contributed by atoms with Crippen LogP contribution in [-0.4, -0.2) is 28.5 Å². The summed E-state index contributed by atoms with van der Waals surface area (Å²) in [7, 11) is 0. The van der Waals surface area contributed by atoms with Gasteiger partial charge in [-0.05, 0) is 13.8 Å². The van der Waals surface area contributed by atoms with Crippen LogP contribution >= 0.6 is 0 Å². The molecule has 0 spiro atoms. The number of nitrogens with zero attached hydrogens (tertiary/aromatic N) is 2. The van der Waals surface area contributed by atoms with E-state index < -0.39 is 0 Å². The molecule has 16 heavy (non-hydrogen) atoms. The minimum Gasteiger partial charge on any atom is -0.347 e. The Hall–Kier alpha value is -1.62. The molecule has 0 saturated heterocycles. The van der Waals surface area contributed by atoms with Crippen LogP contribution < -0.4 is 11.1 Å². The van der Waals surface area contributed by atoms with Gasteiger partial charge in [0.2, 0.25) is 0 Å². The third kappa shape index (κ3) is 3.86. The van der Waals surface area contributed by atoms with Crippen LogP contribution in [0.3, 0.4) is 0 Å². The van der Waals surface area contributed by atoms with E-state index in [1.54, 1.807) is 17.1 Å². The summed E-state index contributed by atoms with van der Waals surface area (Å²) in [6.07, 6.45) is 5.27. The van der Waals surface area contributed by atoms with E-state index in [1.165, 1.54) is 5.57 Å². The maximum atomic E-state index is 11.6. The van der Waals surface area contributed by atoms with Crippen LogP contribution in [0.4, 0.5) is 0 Å². The lowest BCUT2D eigenvalue weighted by atomic mass is 10.3. The van der Waals surface area contributed by atoms with Gasteiger partial charge in [-0.15, -0.1) is 0 Å². The summed E-state index contributed by atoms with van der Waals surface area (Å²) in [5.41, 5.74) is 7.00. The first-order valence-corrected chi connectivity index (χ1v) is 5.27. The van der Waals surface area contributed by atoms with Gasteiger partial charge in [0.25, 0.3) is 5.91 Å². The lowest BCUT2D eigenvalue weighted by Crippen LogP contribution is -2.23. The van der Waals surface area contributed by atoms with E-state index in [9.17, 15) is 4.79 Å². The van der Waals surface area contributed by atoms with Crippen LogP contribution in [0.5, 0.6) is 0 Å². The molecule has 3 N–H and O–H groups in total. The SMILES string of the molecule is CC(C)=CCNC(=O)c1cn(CCN)cn1. The van der Waals surface area contributed by atoms with Gasteiger partial charge in [-0.2, -0.15) is 0 Å². The summed E-state index contributed by atoms with van der Waals surface area (Å²) < 4.78 is 1.80. The van der Waals surface area contributed by atoms with Crippen molar-refractivity contribution in [3.05, 3.63) is 29.9 Å². The minimum absolute atomic E-state index is 0.159. The second-order valence-corrected chi connectivity index (χ2v) is 3.78. The Bertz CT molecular complexity index is 377. The largest absolute Gasteiger partial charge is 0.347 e. The van der Waals surface area contributed by atoms with Gasteiger partial charge in [0, 0.05) is 25.8 Å². The topological polar surface area (TPSA) is 72.9 Å². The van der Waals surface area contributed by atoms with Crippen molar-refractivity contribution in [3.63, 3.8) is 0 Å². The molecule has 0 aliphatic rings. The maximum absolute atomic E-state index is 11.6. The molecule has 1 heterocycles. The summed E-state index contributed by atoms with van der Waals surface area (Å²) in [6, 6.07) is 0. The van der Waals surface area contributed by atoms with Crippen molar-refractivity contribution in [3.8, 4) is 0 Å². The molecule has 0 aliphatic carbocycles. The number of nitrogens with two attached hydrogens (primary N) is 1. The fraction of sp³-hybridized carbons (Fsp3) is 0.455. The van der Waals surface area contributed by atoms with E-state index >= 15 is 0 Å². The van der Waals surface area contributed by atoms with Crippen molar-refractivity contribution in [1.82, 2.24) is 14.9 Å². The third-order valence-corrected chi connectivity index (χ3v) is 2.03. The number of carbonyl (C=O) groups is 1. The zero-order valence-electron chi connectivity index (χ0n) is 9.73. The Morgan fingerprint density at radius 2 is 2.38 bits per heavy atom. The van der Waals surface area contributed by atoms with Gasteiger partial charge in [0.1, 0.15) is 5.69 Å². The van der Waals surface area contributed by atoms with Crippen LogP contribution in [0.15, 0.2) is 24.2 Å². The molecule has 1 amide bonds. The van der Waals surface area contributed by atoms with E-state index in [1.807, 2.05) is 19.9 Å². The Balaban J connectivity index is 2.49. The Morgan fingerprint density at radius 1 is 1.62 bits per heavy atom. The first-order chi connectivity index (χ1) is 7.63. The highest BCUT2D eigenvalue weighted by Gasteiger charge is 2.07. The van der Waals surface area contributed by atoms with Crippen molar-refractivity contribution in [2.45, 2.75) is 20.4 Å². The minimum atomic E-state index is -0.159. The van der Waals surface area contributed by atoms with E-state index in [4.69, 9.17) is 5.73 Å². The van der Waals surface area contributed by atoms with Crippen molar-refractivity contribution < 1.29 is 4.79 Å². The monoisotopic (exact) mass is 222 g/mol. The smallest absolute Gasteiger partial charge is 0.271 e. The van der Waals surface area contributed by atoms with Crippen LogP contribution in [0, 0.1) is 0 Å². The number of allylic oxidation sites excluding steroid dienone is 1. The molecule has 1 aromatic rings. The molecular formula is C11H18N4O. The molecule has 5 nitrogen and oxygen atoms in total. The number of hydrogen-bond donors (Lipinski definition) is 2. The highest BCUT2D eigenvalue weighted by atomic mass is 16.1. The van der Waals surface area contributed by atoms with Gasteiger partial charge in [-0.25, -0.2) is 4.98 Å². The molecule has 0 unspecified atom stereocenters. The van der Waals surface area contributed by atoms with Crippen molar-refractivity contribution in [2.75, 3.05) is 13.1 Å². The number of carbonyl (C=O) groups excluding carboxylic acids is 1. The number of aromatic nitrogens is 2. The van der Waals surface area contributed by atoms with E-state index in [-0.39, 0.29) is 5.91 Å². The lowest BCUT2D eigenvalue weighted by Gasteiger charge is -1.99. The number of amides is 1. The van der Waals surface area contributed by atoms with Crippen LogP contribution in [0.2, 0.25) is 0 Å². The summed E-state index contributed by atoms with van der Waals surface area (Å²) in [6.45, 7) is 5.72. The number of hydrogen-bond acceptors (Lipinski definition) is 3. The summed E-state index contributed by atoms with van der Waals surface area (Å²) in [5, 5.41) is 2.76. The molecule has 0 saturated carbocycles. The quantitative estimate of drug-likeness (QED) is 0.714. The molecule has 88 valence electrons. The Labute approximate surface area is 95.4 Å². The highest BCUT2D eigenvalue weighted by molar-refractivity contribution is 5.92. The Kier molecular flexibility index (Phi) is 4.72. The fourth-order valence-corrected chi connectivity index (χ4v) is 1.19. The maximum Gasteiger partial charge on any atom is 0.271 e. The van der Waals surface area contributed by atoms with E-state index in [2.05, 4.69) is 10.3 Å². The van der Waals surface area contributed by atoms with Crippen molar-refractivity contribution in [1.29, 1.82) is 0 Å².